The summed E-state index contributed by atoms with van der Waals surface area (Å²) in [5, 5.41) is 8.74. The molecule has 4 rings (SSSR count). The minimum atomic E-state index is -0.559. The van der Waals surface area contributed by atoms with E-state index in [9.17, 15) is 14.0 Å². The third-order valence-electron chi connectivity index (χ3n) is 5.19. The van der Waals surface area contributed by atoms with Gasteiger partial charge < -0.3 is 0 Å². The largest absolute Gasteiger partial charge is 0.294 e. The number of ketones is 1. The zero-order valence-electron chi connectivity index (χ0n) is 15.9. The monoisotopic (exact) mass is 417 g/mol. The Morgan fingerprint density at radius 1 is 1.21 bits per heavy atom. The van der Waals surface area contributed by atoms with Crippen LogP contribution in [0, 0.1) is 11.2 Å². The predicted molar refractivity (Wildman–Crippen MR) is 108 cm³/mol. The van der Waals surface area contributed by atoms with E-state index in [-0.39, 0.29) is 29.3 Å². The first-order chi connectivity index (χ1) is 13.3. The Bertz CT molecular complexity index is 999. The zero-order valence-corrected chi connectivity index (χ0v) is 17.5. The molecule has 1 atom stereocenters. The van der Waals surface area contributed by atoms with Gasteiger partial charge in [0, 0.05) is 30.0 Å². The Kier molecular flexibility index (Phi) is 4.87. The number of hydrogen-bond acceptors (Lipinski definition) is 6. The molecule has 0 bridgehead atoms. The molecule has 0 radical (unpaired) electrons. The van der Waals surface area contributed by atoms with Crippen LogP contribution < -0.4 is 4.90 Å². The Balaban J connectivity index is 1.90. The van der Waals surface area contributed by atoms with Crippen LogP contribution in [0.1, 0.15) is 44.6 Å². The fourth-order valence-electron chi connectivity index (χ4n) is 4.04. The quantitative estimate of drug-likeness (QED) is 0.541. The normalized spacial score (nSPS) is 21.9. The highest BCUT2D eigenvalue weighted by Crippen LogP contribution is 2.49. The molecule has 0 fully saturated rings. The van der Waals surface area contributed by atoms with Gasteiger partial charge in [0.05, 0.1) is 0 Å². The van der Waals surface area contributed by atoms with Crippen LogP contribution in [0.4, 0.5) is 9.52 Å². The van der Waals surface area contributed by atoms with Crippen molar-refractivity contribution in [1.82, 2.24) is 10.2 Å². The number of hydrogen-bond donors (Lipinski definition) is 0. The Labute approximate surface area is 171 Å². The smallest absolute Gasteiger partial charge is 0.234 e. The van der Waals surface area contributed by atoms with Crippen LogP contribution in [0.5, 0.6) is 0 Å². The summed E-state index contributed by atoms with van der Waals surface area (Å²) in [5.74, 6) is -1.15. The molecule has 2 heterocycles. The van der Waals surface area contributed by atoms with E-state index in [0.717, 1.165) is 4.34 Å². The lowest BCUT2D eigenvalue weighted by Crippen LogP contribution is -2.43. The second-order valence-corrected chi connectivity index (χ2v) is 9.87. The van der Waals surface area contributed by atoms with Crippen molar-refractivity contribution in [3.63, 3.8) is 0 Å². The lowest BCUT2D eigenvalue weighted by Gasteiger charge is -2.41. The van der Waals surface area contributed by atoms with Crippen LogP contribution in [0.2, 0.25) is 0 Å². The summed E-state index contributed by atoms with van der Waals surface area (Å²) in [7, 11) is 0. The maximum atomic E-state index is 14.5. The molecule has 5 nitrogen and oxygen atoms in total. The van der Waals surface area contributed by atoms with E-state index in [1.807, 2.05) is 20.1 Å². The molecule has 0 saturated heterocycles. The topological polar surface area (TPSA) is 63.2 Å². The summed E-state index contributed by atoms with van der Waals surface area (Å²) in [5.41, 5.74) is 1.32. The lowest BCUT2D eigenvalue weighted by atomic mass is 9.69. The lowest BCUT2D eigenvalue weighted by molar-refractivity contribution is -0.121. The number of thioether (sulfide) groups is 1. The average molecular weight is 418 g/mol. The molecule has 0 saturated carbocycles. The van der Waals surface area contributed by atoms with Gasteiger partial charge in [-0.1, -0.05) is 55.1 Å². The molecule has 1 amide bonds. The van der Waals surface area contributed by atoms with Gasteiger partial charge in [0.2, 0.25) is 11.0 Å². The second kappa shape index (κ2) is 7.08. The van der Waals surface area contributed by atoms with Crippen molar-refractivity contribution in [3.05, 3.63) is 46.9 Å². The highest BCUT2D eigenvalue weighted by Gasteiger charge is 2.45. The number of aromatic nitrogens is 2. The molecule has 28 heavy (non-hydrogen) atoms. The number of allylic oxidation sites excluding steroid dienone is 2. The molecule has 0 unspecified atom stereocenters. The summed E-state index contributed by atoms with van der Waals surface area (Å²) < 4.78 is 15.3. The number of amides is 1. The van der Waals surface area contributed by atoms with Crippen LogP contribution >= 0.6 is 23.1 Å². The number of Topliss-reactive ketones (excluding diaryl/α,β-unsaturated/α-hetero) is 1. The highest BCUT2D eigenvalue weighted by molar-refractivity contribution is 8.00. The summed E-state index contributed by atoms with van der Waals surface area (Å²) in [6.45, 7) is 4.02. The molecule has 2 aliphatic rings. The third kappa shape index (κ3) is 3.28. The van der Waals surface area contributed by atoms with Crippen molar-refractivity contribution in [3.8, 4) is 0 Å². The summed E-state index contributed by atoms with van der Waals surface area (Å²) in [6, 6.07) is 6.39. The van der Waals surface area contributed by atoms with Crippen molar-refractivity contribution in [2.24, 2.45) is 5.41 Å². The summed E-state index contributed by atoms with van der Waals surface area (Å²) in [6.07, 6.45) is 2.87. The van der Waals surface area contributed by atoms with E-state index in [2.05, 4.69) is 10.2 Å². The van der Waals surface area contributed by atoms with E-state index in [1.165, 1.54) is 29.2 Å². The number of benzene rings is 1. The van der Waals surface area contributed by atoms with Gasteiger partial charge in [0.15, 0.2) is 10.1 Å². The van der Waals surface area contributed by atoms with Gasteiger partial charge in [0.25, 0.3) is 0 Å². The third-order valence-corrected chi connectivity index (χ3v) is 7.07. The van der Waals surface area contributed by atoms with Gasteiger partial charge in [0.1, 0.15) is 5.82 Å². The van der Waals surface area contributed by atoms with E-state index in [1.54, 1.807) is 23.1 Å². The molecule has 1 aliphatic heterocycles. The first-order valence-electron chi connectivity index (χ1n) is 9.02. The Morgan fingerprint density at radius 3 is 2.64 bits per heavy atom. The zero-order chi connectivity index (χ0) is 20.1. The van der Waals surface area contributed by atoms with Crippen LogP contribution in [0.3, 0.4) is 0 Å². The van der Waals surface area contributed by atoms with Crippen molar-refractivity contribution < 1.29 is 14.0 Å². The average Bonchev–Trinajstić information content (AvgIpc) is 3.09. The van der Waals surface area contributed by atoms with E-state index in [0.29, 0.717) is 34.8 Å². The molecule has 1 aromatic heterocycles. The molecule has 8 heteroatoms. The second-order valence-electron chi connectivity index (χ2n) is 7.86. The van der Waals surface area contributed by atoms with Gasteiger partial charge in [-0.15, -0.1) is 10.2 Å². The minimum Gasteiger partial charge on any atom is -0.294 e. The fraction of sp³-hybridized carbons (Fsp3) is 0.400. The first kappa shape index (κ1) is 19.3. The molecular formula is C20H20FN3O2S2. The maximum absolute atomic E-state index is 14.5. The first-order valence-corrected chi connectivity index (χ1v) is 11.1. The maximum Gasteiger partial charge on any atom is 0.234 e. The predicted octanol–water partition coefficient (Wildman–Crippen LogP) is 4.56. The SMILES string of the molecule is CSc1nnc(N2C(=O)C[C@@H](c3ccccc3F)C3=C2CC(C)(C)CC3=O)s1. The van der Waals surface area contributed by atoms with Gasteiger partial charge >= 0.3 is 0 Å². The molecule has 146 valence electrons. The van der Waals surface area contributed by atoms with E-state index >= 15 is 0 Å². The Morgan fingerprint density at radius 2 is 1.96 bits per heavy atom. The number of carbonyl (C=O) groups excluding carboxylic acids is 2. The van der Waals surface area contributed by atoms with Gasteiger partial charge in [-0.3, -0.25) is 14.5 Å². The van der Waals surface area contributed by atoms with Crippen molar-refractivity contribution in [2.45, 2.75) is 43.4 Å². The van der Waals surface area contributed by atoms with E-state index < -0.39 is 5.92 Å². The number of rotatable bonds is 3. The van der Waals surface area contributed by atoms with Gasteiger partial charge in [-0.05, 0) is 29.7 Å². The number of anilines is 1. The van der Waals surface area contributed by atoms with Gasteiger partial charge in [-0.2, -0.15) is 0 Å². The number of nitrogens with zero attached hydrogens (tertiary/aromatic N) is 3. The van der Waals surface area contributed by atoms with Crippen LogP contribution in [0.25, 0.3) is 0 Å². The van der Waals surface area contributed by atoms with Crippen LogP contribution in [-0.2, 0) is 9.59 Å². The summed E-state index contributed by atoms with van der Waals surface area (Å²) >= 11 is 2.79. The van der Waals surface area contributed by atoms with Crippen molar-refractivity contribution in [2.75, 3.05) is 11.2 Å². The highest BCUT2D eigenvalue weighted by atomic mass is 32.2. The Hall–Kier alpha value is -2.06. The number of carbonyl (C=O) groups is 2. The molecule has 0 N–H and O–H groups in total. The molecular weight excluding hydrogens is 397 g/mol. The molecule has 1 aliphatic carbocycles. The fourth-order valence-corrected chi connectivity index (χ4v) is 5.34. The molecule has 0 spiro atoms. The van der Waals surface area contributed by atoms with Gasteiger partial charge in [-0.25, -0.2) is 4.39 Å². The van der Waals surface area contributed by atoms with E-state index in [4.69, 9.17) is 0 Å². The van der Waals surface area contributed by atoms with Crippen molar-refractivity contribution in [1.29, 1.82) is 0 Å². The molecule has 1 aromatic carbocycles. The number of halogens is 1. The van der Waals surface area contributed by atoms with Crippen molar-refractivity contribution >= 4 is 39.9 Å². The van der Waals surface area contributed by atoms with Crippen LogP contribution in [-0.4, -0.2) is 28.1 Å². The molecule has 2 aromatic rings. The standard InChI is InChI=1S/C20H20FN3O2S2/c1-20(2)9-14-17(15(25)10-20)12(11-6-4-5-7-13(11)21)8-16(26)24(14)18-22-23-19(27-3)28-18/h4-7,12H,8-10H2,1-3H3/t12-/m0/s1. The van der Waals surface area contributed by atoms with Crippen LogP contribution in [0.15, 0.2) is 39.9 Å². The minimum absolute atomic E-state index is 0.0217. The summed E-state index contributed by atoms with van der Waals surface area (Å²) in [4.78, 5) is 27.8.